The normalized spacial score (nSPS) is 16.5. The first kappa shape index (κ1) is 18.8. The summed E-state index contributed by atoms with van der Waals surface area (Å²) in [5, 5.41) is 14.1. The molecule has 0 radical (unpaired) electrons. The maximum absolute atomic E-state index is 13.7. The molecule has 0 aliphatic carbocycles. The molecule has 0 saturated carbocycles. The third-order valence-electron chi connectivity index (χ3n) is 4.35. The van der Waals surface area contributed by atoms with Crippen molar-refractivity contribution >= 4 is 34.8 Å². The van der Waals surface area contributed by atoms with Gasteiger partial charge in [0.2, 0.25) is 5.91 Å². The fraction of sp³-hybridized carbons (Fsp3) is 0.222. The molecule has 27 heavy (non-hydrogen) atoms. The Morgan fingerprint density at radius 1 is 1.37 bits per heavy atom. The van der Waals surface area contributed by atoms with Crippen molar-refractivity contribution in [2.24, 2.45) is 0 Å². The van der Waals surface area contributed by atoms with E-state index in [0.717, 1.165) is 12.1 Å². The predicted molar refractivity (Wildman–Crippen MR) is 97.5 cm³/mol. The quantitative estimate of drug-likeness (QED) is 0.639. The molecule has 0 unspecified atom stereocenters. The molecule has 1 atom stereocenters. The Bertz CT molecular complexity index is 950. The van der Waals surface area contributed by atoms with Crippen molar-refractivity contribution in [3.05, 3.63) is 68.5 Å². The maximum atomic E-state index is 13.7. The van der Waals surface area contributed by atoms with Crippen molar-refractivity contribution in [3.63, 3.8) is 0 Å². The minimum Gasteiger partial charge on any atom is -0.340 e. The third-order valence-corrected chi connectivity index (χ3v) is 4.67. The molecule has 140 valence electrons. The number of anilines is 1. The molecule has 0 aromatic heterocycles. The van der Waals surface area contributed by atoms with Gasteiger partial charge in [0.1, 0.15) is 17.4 Å². The highest BCUT2D eigenvalue weighted by molar-refractivity contribution is 6.34. The van der Waals surface area contributed by atoms with Crippen LogP contribution < -0.4 is 10.2 Å². The van der Waals surface area contributed by atoms with Crippen molar-refractivity contribution in [2.75, 3.05) is 11.4 Å². The van der Waals surface area contributed by atoms with Crippen LogP contribution in [0.4, 0.5) is 15.8 Å². The summed E-state index contributed by atoms with van der Waals surface area (Å²) in [5.41, 5.74) is -0.349. The molecule has 1 aliphatic rings. The Morgan fingerprint density at radius 3 is 2.74 bits per heavy atom. The molecule has 2 aromatic rings. The Morgan fingerprint density at radius 2 is 2.07 bits per heavy atom. The van der Waals surface area contributed by atoms with E-state index in [-0.39, 0.29) is 11.5 Å². The van der Waals surface area contributed by atoms with Gasteiger partial charge in [0.05, 0.1) is 15.6 Å². The Labute approximate surface area is 158 Å². The molecular weight excluding hydrogens is 377 g/mol. The summed E-state index contributed by atoms with van der Waals surface area (Å²) in [6, 6.07) is 7.70. The number of rotatable bonds is 4. The van der Waals surface area contributed by atoms with Crippen LogP contribution in [-0.2, 0) is 4.79 Å². The zero-order chi connectivity index (χ0) is 19.7. The lowest BCUT2D eigenvalue weighted by Crippen LogP contribution is -2.41. The third kappa shape index (κ3) is 3.61. The second kappa shape index (κ2) is 7.32. The zero-order valence-electron chi connectivity index (χ0n) is 14.2. The number of hydrogen-bond donors (Lipinski definition) is 1. The molecule has 2 amide bonds. The lowest BCUT2D eigenvalue weighted by Gasteiger charge is -2.18. The number of benzene rings is 2. The average Bonchev–Trinajstić information content (AvgIpc) is 2.94. The van der Waals surface area contributed by atoms with Gasteiger partial charge in [-0.3, -0.25) is 19.7 Å². The summed E-state index contributed by atoms with van der Waals surface area (Å²) in [5.74, 6) is -2.02. The Kier molecular flexibility index (Phi) is 5.09. The SMILES string of the molecule is Cc1cc(F)cc(C(=O)N[C@@H]2CCN(c3ccccc3Cl)C2=O)c1[N+](=O)[O-]. The molecule has 1 saturated heterocycles. The summed E-state index contributed by atoms with van der Waals surface area (Å²) in [6.45, 7) is 1.68. The van der Waals surface area contributed by atoms with Crippen LogP contribution >= 0.6 is 11.6 Å². The number of halogens is 2. The smallest absolute Gasteiger partial charge is 0.285 e. The van der Waals surface area contributed by atoms with Gasteiger partial charge in [-0.05, 0) is 37.6 Å². The van der Waals surface area contributed by atoms with Gasteiger partial charge in [0.15, 0.2) is 0 Å². The molecular formula is C18H15ClFN3O4. The van der Waals surface area contributed by atoms with E-state index in [1.54, 1.807) is 24.3 Å². The van der Waals surface area contributed by atoms with Crippen molar-refractivity contribution in [1.29, 1.82) is 0 Å². The van der Waals surface area contributed by atoms with Crippen LogP contribution in [0.5, 0.6) is 0 Å². The standard InChI is InChI=1S/C18H15ClFN3O4/c1-10-8-11(20)9-12(16(10)23(26)27)17(24)21-14-6-7-22(18(14)25)15-5-3-2-4-13(15)19/h2-5,8-9,14H,6-7H2,1H3,(H,21,24)/t14-/m1/s1. The summed E-state index contributed by atoms with van der Waals surface area (Å²) < 4.78 is 13.7. The van der Waals surface area contributed by atoms with E-state index >= 15 is 0 Å². The number of nitrogens with one attached hydrogen (secondary N) is 1. The first-order chi connectivity index (χ1) is 12.8. The number of aryl methyl sites for hydroxylation is 1. The van der Waals surface area contributed by atoms with Crippen LogP contribution in [0, 0.1) is 22.9 Å². The van der Waals surface area contributed by atoms with Gasteiger partial charge >= 0.3 is 0 Å². The van der Waals surface area contributed by atoms with E-state index in [4.69, 9.17) is 11.6 Å². The first-order valence-electron chi connectivity index (χ1n) is 8.11. The van der Waals surface area contributed by atoms with Crippen LogP contribution in [0.1, 0.15) is 22.3 Å². The topological polar surface area (TPSA) is 92.6 Å². The minimum atomic E-state index is -0.878. The van der Waals surface area contributed by atoms with Gasteiger partial charge in [-0.25, -0.2) is 4.39 Å². The summed E-state index contributed by atoms with van der Waals surface area (Å²) >= 11 is 6.11. The first-order valence-corrected chi connectivity index (χ1v) is 8.48. The summed E-state index contributed by atoms with van der Waals surface area (Å²) in [7, 11) is 0. The van der Waals surface area contributed by atoms with Crippen LogP contribution in [0.25, 0.3) is 0 Å². The number of hydrogen-bond acceptors (Lipinski definition) is 4. The molecule has 1 aliphatic heterocycles. The number of carbonyl (C=O) groups is 2. The zero-order valence-corrected chi connectivity index (χ0v) is 15.0. The molecule has 3 rings (SSSR count). The molecule has 0 spiro atoms. The molecule has 1 N–H and O–H groups in total. The van der Waals surface area contributed by atoms with E-state index in [1.807, 2.05) is 0 Å². The van der Waals surface area contributed by atoms with Crippen LogP contribution in [0.15, 0.2) is 36.4 Å². The largest absolute Gasteiger partial charge is 0.340 e. The monoisotopic (exact) mass is 391 g/mol. The molecule has 1 heterocycles. The second-order valence-electron chi connectivity index (χ2n) is 6.13. The van der Waals surface area contributed by atoms with E-state index in [1.165, 1.54) is 11.8 Å². The molecule has 0 bridgehead atoms. The predicted octanol–water partition coefficient (Wildman–Crippen LogP) is 3.23. The Balaban J connectivity index is 1.83. The van der Waals surface area contributed by atoms with Gasteiger partial charge in [-0.1, -0.05) is 23.7 Å². The highest BCUT2D eigenvalue weighted by Crippen LogP contribution is 2.30. The van der Waals surface area contributed by atoms with Crippen LogP contribution in [0.2, 0.25) is 5.02 Å². The molecule has 1 fully saturated rings. The highest BCUT2D eigenvalue weighted by atomic mass is 35.5. The molecule has 2 aromatic carbocycles. The van der Waals surface area contributed by atoms with E-state index < -0.39 is 33.9 Å². The molecule has 9 heteroatoms. The van der Waals surface area contributed by atoms with Crippen LogP contribution in [-0.4, -0.2) is 29.3 Å². The second-order valence-corrected chi connectivity index (χ2v) is 6.54. The average molecular weight is 392 g/mol. The van der Waals surface area contributed by atoms with E-state index in [0.29, 0.717) is 23.7 Å². The van der Waals surface area contributed by atoms with E-state index in [9.17, 15) is 24.1 Å². The molecule has 7 nitrogen and oxygen atoms in total. The lowest BCUT2D eigenvalue weighted by molar-refractivity contribution is -0.385. The van der Waals surface area contributed by atoms with Gasteiger partial charge < -0.3 is 10.2 Å². The maximum Gasteiger partial charge on any atom is 0.285 e. The highest BCUT2D eigenvalue weighted by Gasteiger charge is 2.36. The number of nitrogens with zero attached hydrogens (tertiary/aromatic N) is 2. The Hall–Kier alpha value is -3.00. The number of para-hydroxylation sites is 1. The fourth-order valence-electron chi connectivity index (χ4n) is 3.11. The minimum absolute atomic E-state index is 0.0283. The number of amides is 2. The van der Waals surface area contributed by atoms with Crippen molar-refractivity contribution in [2.45, 2.75) is 19.4 Å². The fourth-order valence-corrected chi connectivity index (χ4v) is 3.35. The van der Waals surface area contributed by atoms with E-state index in [2.05, 4.69) is 5.32 Å². The van der Waals surface area contributed by atoms with Gasteiger partial charge in [0.25, 0.3) is 11.6 Å². The van der Waals surface area contributed by atoms with Crippen molar-refractivity contribution in [3.8, 4) is 0 Å². The number of nitro groups is 1. The lowest BCUT2D eigenvalue weighted by atomic mass is 10.1. The summed E-state index contributed by atoms with van der Waals surface area (Å²) in [6.07, 6.45) is 0.303. The van der Waals surface area contributed by atoms with Gasteiger partial charge in [0, 0.05) is 12.1 Å². The van der Waals surface area contributed by atoms with Crippen molar-refractivity contribution < 1.29 is 18.9 Å². The summed E-state index contributed by atoms with van der Waals surface area (Å²) in [4.78, 5) is 37.1. The van der Waals surface area contributed by atoms with Gasteiger partial charge in [-0.2, -0.15) is 0 Å². The van der Waals surface area contributed by atoms with Crippen molar-refractivity contribution in [1.82, 2.24) is 5.32 Å². The number of nitro benzene ring substituents is 1. The van der Waals surface area contributed by atoms with Crippen LogP contribution in [0.3, 0.4) is 0 Å². The number of carbonyl (C=O) groups excluding carboxylic acids is 2. The van der Waals surface area contributed by atoms with Gasteiger partial charge in [-0.15, -0.1) is 0 Å².